The molecule has 1 rings (SSSR count). The second-order valence-electron chi connectivity index (χ2n) is 3.25. The summed E-state index contributed by atoms with van der Waals surface area (Å²) in [5.41, 5.74) is 0. The van der Waals surface area contributed by atoms with Crippen LogP contribution in [-0.2, 0) is 9.53 Å². The first-order valence-corrected chi connectivity index (χ1v) is 4.63. The molecule has 1 N–H and O–H groups in total. The first kappa shape index (κ1) is 9.52. The summed E-state index contributed by atoms with van der Waals surface area (Å²) in [6.45, 7) is 2.07. The Labute approximate surface area is 73.5 Å². The Kier molecular flexibility index (Phi) is 4.08. The van der Waals surface area contributed by atoms with Crippen molar-refractivity contribution >= 4 is 5.97 Å². The Balaban J connectivity index is 2.34. The maximum absolute atomic E-state index is 11.2. The molecule has 1 aliphatic rings. The Bertz CT molecular complexity index is 139. The smallest absolute Gasteiger partial charge is 0.308 e. The van der Waals surface area contributed by atoms with Crippen molar-refractivity contribution in [1.29, 1.82) is 0 Å². The largest absolute Gasteiger partial charge is 0.469 e. The van der Waals surface area contributed by atoms with Gasteiger partial charge in [0, 0.05) is 0 Å². The van der Waals surface area contributed by atoms with Crippen molar-refractivity contribution in [3.05, 3.63) is 0 Å². The molecule has 0 spiro atoms. The summed E-state index contributed by atoms with van der Waals surface area (Å²) in [5.74, 6) is 0.119. The van der Waals surface area contributed by atoms with Crippen LogP contribution in [0.3, 0.4) is 0 Å². The highest BCUT2D eigenvalue weighted by Crippen LogP contribution is 2.16. The van der Waals surface area contributed by atoms with Gasteiger partial charge in [-0.25, -0.2) is 0 Å². The van der Waals surface area contributed by atoms with E-state index in [4.69, 9.17) is 4.74 Å². The number of esters is 1. The SMILES string of the molecule is COC(=O)C1CCCNCCC1. The van der Waals surface area contributed by atoms with Crippen LogP contribution in [0.1, 0.15) is 25.7 Å². The molecule has 1 fully saturated rings. The van der Waals surface area contributed by atoms with Gasteiger partial charge in [0.1, 0.15) is 0 Å². The summed E-state index contributed by atoms with van der Waals surface area (Å²) in [4.78, 5) is 11.2. The molecule has 0 radical (unpaired) electrons. The Morgan fingerprint density at radius 2 is 1.92 bits per heavy atom. The molecule has 1 heterocycles. The summed E-state index contributed by atoms with van der Waals surface area (Å²) in [5, 5.41) is 3.31. The molecule has 0 saturated carbocycles. The molecule has 3 nitrogen and oxygen atoms in total. The van der Waals surface area contributed by atoms with Crippen LogP contribution in [0.2, 0.25) is 0 Å². The maximum Gasteiger partial charge on any atom is 0.308 e. The van der Waals surface area contributed by atoms with Gasteiger partial charge in [-0.2, -0.15) is 0 Å². The lowest BCUT2D eigenvalue weighted by atomic mass is 9.96. The van der Waals surface area contributed by atoms with E-state index in [-0.39, 0.29) is 11.9 Å². The predicted octanol–water partition coefficient (Wildman–Crippen LogP) is 0.939. The third-order valence-corrected chi connectivity index (χ3v) is 2.35. The number of carbonyl (C=O) groups is 1. The fourth-order valence-corrected chi connectivity index (χ4v) is 1.62. The molecule has 0 unspecified atom stereocenters. The number of rotatable bonds is 1. The zero-order valence-electron chi connectivity index (χ0n) is 7.64. The van der Waals surface area contributed by atoms with Crippen LogP contribution in [0.25, 0.3) is 0 Å². The van der Waals surface area contributed by atoms with Gasteiger partial charge in [-0.3, -0.25) is 4.79 Å². The summed E-state index contributed by atoms with van der Waals surface area (Å²) in [7, 11) is 1.47. The average molecular weight is 171 g/mol. The van der Waals surface area contributed by atoms with Gasteiger partial charge < -0.3 is 10.1 Å². The van der Waals surface area contributed by atoms with Gasteiger partial charge in [-0.1, -0.05) is 0 Å². The van der Waals surface area contributed by atoms with Gasteiger partial charge in [-0.05, 0) is 38.8 Å². The zero-order valence-corrected chi connectivity index (χ0v) is 7.64. The number of hydrogen-bond donors (Lipinski definition) is 1. The van der Waals surface area contributed by atoms with Gasteiger partial charge >= 0.3 is 5.97 Å². The molecule has 0 aromatic carbocycles. The van der Waals surface area contributed by atoms with Crippen molar-refractivity contribution in [2.45, 2.75) is 25.7 Å². The monoisotopic (exact) mass is 171 g/mol. The fraction of sp³-hybridized carbons (Fsp3) is 0.889. The van der Waals surface area contributed by atoms with E-state index in [1.807, 2.05) is 0 Å². The maximum atomic E-state index is 11.2. The van der Waals surface area contributed by atoms with Crippen LogP contribution in [0.15, 0.2) is 0 Å². The predicted molar refractivity (Wildman–Crippen MR) is 46.8 cm³/mol. The van der Waals surface area contributed by atoms with Crippen LogP contribution < -0.4 is 5.32 Å². The van der Waals surface area contributed by atoms with Crippen molar-refractivity contribution < 1.29 is 9.53 Å². The quantitative estimate of drug-likeness (QED) is 0.597. The summed E-state index contributed by atoms with van der Waals surface area (Å²) >= 11 is 0. The summed E-state index contributed by atoms with van der Waals surface area (Å²) < 4.78 is 4.73. The second-order valence-corrected chi connectivity index (χ2v) is 3.25. The number of nitrogens with one attached hydrogen (secondary N) is 1. The van der Waals surface area contributed by atoms with E-state index in [1.165, 1.54) is 7.11 Å². The normalized spacial score (nSPS) is 21.1. The van der Waals surface area contributed by atoms with Crippen molar-refractivity contribution in [1.82, 2.24) is 5.32 Å². The van der Waals surface area contributed by atoms with E-state index >= 15 is 0 Å². The van der Waals surface area contributed by atoms with Gasteiger partial charge in [0.2, 0.25) is 0 Å². The lowest BCUT2D eigenvalue weighted by molar-refractivity contribution is -0.146. The molecule has 12 heavy (non-hydrogen) atoms. The van der Waals surface area contributed by atoms with Crippen molar-refractivity contribution in [3.63, 3.8) is 0 Å². The van der Waals surface area contributed by atoms with Crippen LogP contribution in [0.4, 0.5) is 0 Å². The molecule has 0 atom stereocenters. The minimum atomic E-state index is -0.0306. The average Bonchev–Trinajstić information content (AvgIpc) is 2.02. The second kappa shape index (κ2) is 5.14. The molecule has 1 saturated heterocycles. The molecular formula is C9H17NO2. The molecule has 0 aromatic heterocycles. The molecule has 1 aliphatic heterocycles. The van der Waals surface area contributed by atoms with E-state index in [9.17, 15) is 4.79 Å². The van der Waals surface area contributed by atoms with Gasteiger partial charge in [0.05, 0.1) is 13.0 Å². The van der Waals surface area contributed by atoms with Crippen molar-refractivity contribution in [2.75, 3.05) is 20.2 Å². The minimum Gasteiger partial charge on any atom is -0.469 e. The Morgan fingerprint density at radius 3 is 2.42 bits per heavy atom. The van der Waals surface area contributed by atoms with E-state index in [0.717, 1.165) is 38.8 Å². The van der Waals surface area contributed by atoms with Gasteiger partial charge in [-0.15, -0.1) is 0 Å². The summed E-state index contributed by atoms with van der Waals surface area (Å²) in [6, 6.07) is 0. The highest BCUT2D eigenvalue weighted by Gasteiger charge is 2.19. The number of methoxy groups -OCH3 is 1. The third-order valence-electron chi connectivity index (χ3n) is 2.35. The highest BCUT2D eigenvalue weighted by atomic mass is 16.5. The molecule has 0 aliphatic carbocycles. The van der Waals surface area contributed by atoms with Crippen LogP contribution in [-0.4, -0.2) is 26.2 Å². The van der Waals surface area contributed by atoms with Crippen LogP contribution in [0, 0.1) is 5.92 Å². The van der Waals surface area contributed by atoms with E-state index < -0.39 is 0 Å². The Hall–Kier alpha value is -0.570. The van der Waals surface area contributed by atoms with Crippen LogP contribution >= 0.6 is 0 Å². The first-order chi connectivity index (χ1) is 5.84. The van der Waals surface area contributed by atoms with Gasteiger partial charge in [0.15, 0.2) is 0 Å². The van der Waals surface area contributed by atoms with E-state index in [0.29, 0.717) is 0 Å². The molecule has 3 heteroatoms. The minimum absolute atomic E-state index is 0.0306. The third kappa shape index (κ3) is 2.81. The van der Waals surface area contributed by atoms with Crippen molar-refractivity contribution in [2.24, 2.45) is 5.92 Å². The standard InChI is InChI=1S/C9H17NO2/c1-12-9(11)8-4-2-6-10-7-3-5-8/h8,10H,2-7H2,1H3. The number of ether oxygens (including phenoxy) is 1. The number of hydrogen-bond acceptors (Lipinski definition) is 3. The topological polar surface area (TPSA) is 38.3 Å². The Morgan fingerprint density at radius 1 is 1.33 bits per heavy atom. The molecule has 70 valence electrons. The van der Waals surface area contributed by atoms with Crippen molar-refractivity contribution in [3.8, 4) is 0 Å². The van der Waals surface area contributed by atoms with Gasteiger partial charge in [0.25, 0.3) is 0 Å². The molecular weight excluding hydrogens is 154 g/mol. The van der Waals surface area contributed by atoms with Crippen LogP contribution in [0.5, 0.6) is 0 Å². The fourth-order valence-electron chi connectivity index (χ4n) is 1.62. The highest BCUT2D eigenvalue weighted by molar-refractivity contribution is 5.72. The molecule has 0 aromatic rings. The zero-order chi connectivity index (χ0) is 8.81. The lowest BCUT2D eigenvalue weighted by Crippen LogP contribution is -2.25. The van der Waals surface area contributed by atoms with E-state index in [2.05, 4.69) is 5.32 Å². The molecule has 0 bridgehead atoms. The molecule has 0 amide bonds. The summed E-state index contributed by atoms with van der Waals surface area (Å²) in [6.07, 6.45) is 4.11. The number of carbonyl (C=O) groups excluding carboxylic acids is 1. The lowest BCUT2D eigenvalue weighted by Gasteiger charge is -2.17. The first-order valence-electron chi connectivity index (χ1n) is 4.63. The van der Waals surface area contributed by atoms with E-state index in [1.54, 1.807) is 0 Å².